The molecule has 10 heteroatoms. The first-order valence-corrected chi connectivity index (χ1v) is 8.79. The highest BCUT2D eigenvalue weighted by Crippen LogP contribution is 2.18. The van der Waals surface area contributed by atoms with Crippen LogP contribution in [0.5, 0.6) is 0 Å². The molecule has 0 radical (unpaired) electrons. The van der Waals surface area contributed by atoms with Crippen molar-refractivity contribution in [2.45, 2.75) is 26.1 Å². The molecule has 0 bridgehead atoms. The second-order valence-electron chi connectivity index (χ2n) is 5.38. The molecule has 0 saturated carbocycles. The smallest absolute Gasteiger partial charge is 0.411 e. The Morgan fingerprint density at radius 1 is 1.22 bits per heavy atom. The second-order valence-corrected chi connectivity index (χ2v) is 6.24. The summed E-state index contributed by atoms with van der Waals surface area (Å²) in [6, 6.07) is 5.99. The van der Waals surface area contributed by atoms with Gasteiger partial charge in [-0.1, -0.05) is 12.1 Å². The van der Waals surface area contributed by atoms with E-state index in [1.54, 1.807) is 12.3 Å². The van der Waals surface area contributed by atoms with Crippen LogP contribution in [0.4, 0.5) is 18.3 Å². The van der Waals surface area contributed by atoms with Gasteiger partial charge in [0.05, 0.1) is 25.3 Å². The normalized spacial score (nSPS) is 11.3. The zero-order chi connectivity index (χ0) is 19.9. The molecular formula is C17H17F3N2O4S. The van der Waals surface area contributed by atoms with E-state index in [-0.39, 0.29) is 19.6 Å². The van der Waals surface area contributed by atoms with Crippen LogP contribution >= 0.6 is 11.3 Å². The minimum Gasteiger partial charge on any atom is -0.466 e. The number of amides is 1. The maximum absolute atomic E-state index is 12.2. The van der Waals surface area contributed by atoms with Crippen LogP contribution in [0.15, 0.2) is 29.6 Å². The molecule has 0 aliphatic carbocycles. The molecule has 1 heterocycles. The van der Waals surface area contributed by atoms with Crippen LogP contribution in [0.2, 0.25) is 0 Å². The van der Waals surface area contributed by atoms with Gasteiger partial charge in [-0.3, -0.25) is 14.9 Å². The van der Waals surface area contributed by atoms with E-state index >= 15 is 0 Å². The Hall–Kier alpha value is -2.46. The van der Waals surface area contributed by atoms with Crippen LogP contribution < -0.4 is 5.32 Å². The van der Waals surface area contributed by atoms with Crippen molar-refractivity contribution in [3.8, 4) is 0 Å². The number of esters is 1. The molecule has 0 fully saturated rings. The molecule has 0 spiro atoms. The van der Waals surface area contributed by atoms with E-state index in [0.29, 0.717) is 22.0 Å². The van der Waals surface area contributed by atoms with E-state index < -0.39 is 24.7 Å². The van der Waals surface area contributed by atoms with Crippen molar-refractivity contribution in [1.29, 1.82) is 0 Å². The van der Waals surface area contributed by atoms with Gasteiger partial charge in [0.15, 0.2) is 5.13 Å². The van der Waals surface area contributed by atoms with Gasteiger partial charge in [0.1, 0.15) is 6.61 Å². The molecular weight excluding hydrogens is 385 g/mol. The van der Waals surface area contributed by atoms with Crippen LogP contribution in [-0.4, -0.2) is 36.3 Å². The number of carbonyl (C=O) groups excluding carboxylic acids is 2. The predicted molar refractivity (Wildman–Crippen MR) is 92.6 cm³/mol. The summed E-state index contributed by atoms with van der Waals surface area (Å²) in [5, 5.41) is 4.58. The van der Waals surface area contributed by atoms with Crippen molar-refractivity contribution in [2.24, 2.45) is 0 Å². The van der Waals surface area contributed by atoms with Gasteiger partial charge >= 0.3 is 12.1 Å². The molecule has 27 heavy (non-hydrogen) atoms. The van der Waals surface area contributed by atoms with E-state index in [1.165, 1.54) is 35.6 Å². The third kappa shape index (κ3) is 7.35. The molecule has 0 aliphatic heterocycles. The average Bonchev–Trinajstić information content (AvgIpc) is 3.01. The number of nitrogens with zero attached hydrogens (tertiary/aromatic N) is 1. The number of anilines is 1. The summed E-state index contributed by atoms with van der Waals surface area (Å²) in [6.07, 6.45) is -4.35. The number of halogens is 3. The summed E-state index contributed by atoms with van der Waals surface area (Å²) in [6.45, 7) is 0.459. The highest BCUT2D eigenvalue weighted by atomic mass is 32.1. The summed E-state index contributed by atoms with van der Waals surface area (Å²) in [5.74, 6) is -0.821. The molecule has 0 unspecified atom stereocenters. The lowest BCUT2D eigenvalue weighted by Crippen LogP contribution is -2.16. The zero-order valence-electron chi connectivity index (χ0n) is 14.3. The maximum Gasteiger partial charge on any atom is 0.411 e. The fourth-order valence-electron chi connectivity index (χ4n) is 2.01. The number of hydrogen-bond acceptors (Lipinski definition) is 6. The number of alkyl halides is 3. The molecule has 1 aromatic heterocycles. The number of aromatic nitrogens is 1. The van der Waals surface area contributed by atoms with Gasteiger partial charge in [-0.25, -0.2) is 4.98 Å². The highest BCUT2D eigenvalue weighted by molar-refractivity contribution is 7.14. The van der Waals surface area contributed by atoms with Crippen LogP contribution in [0.1, 0.15) is 28.5 Å². The summed E-state index contributed by atoms with van der Waals surface area (Å²) in [4.78, 5) is 27.7. The van der Waals surface area contributed by atoms with Crippen molar-refractivity contribution < 1.29 is 32.2 Å². The van der Waals surface area contributed by atoms with Crippen LogP contribution in [-0.2, 0) is 27.3 Å². The molecule has 6 nitrogen and oxygen atoms in total. The zero-order valence-corrected chi connectivity index (χ0v) is 15.2. The minimum atomic E-state index is -4.38. The van der Waals surface area contributed by atoms with Crippen molar-refractivity contribution >= 4 is 28.3 Å². The lowest BCUT2D eigenvalue weighted by molar-refractivity contribution is -0.176. The lowest BCUT2D eigenvalue weighted by atomic mass is 10.1. The summed E-state index contributed by atoms with van der Waals surface area (Å²) in [5.41, 5.74) is 1.32. The van der Waals surface area contributed by atoms with E-state index in [9.17, 15) is 22.8 Å². The molecule has 0 atom stereocenters. The number of nitrogens with one attached hydrogen (secondary N) is 1. The molecule has 0 aliphatic rings. The second kappa shape index (κ2) is 9.47. The van der Waals surface area contributed by atoms with Crippen molar-refractivity contribution in [3.05, 3.63) is 46.5 Å². The summed E-state index contributed by atoms with van der Waals surface area (Å²) >= 11 is 1.17. The Kier molecular flexibility index (Phi) is 7.31. The van der Waals surface area contributed by atoms with Gasteiger partial charge < -0.3 is 9.47 Å². The molecule has 0 saturated heterocycles. The standard InChI is InChI=1S/C17H17F3N2O4S/c1-2-26-14(23)7-13-9-27-16(21-13)22-15(24)12-5-3-11(4-6-12)8-25-10-17(18,19)20/h3-6,9H,2,7-8,10H2,1H3,(H,21,22,24). The monoisotopic (exact) mass is 402 g/mol. The number of carbonyl (C=O) groups is 2. The van der Waals surface area contributed by atoms with E-state index in [0.717, 1.165) is 0 Å². The largest absolute Gasteiger partial charge is 0.466 e. The van der Waals surface area contributed by atoms with Gasteiger partial charge in [-0.2, -0.15) is 13.2 Å². The lowest BCUT2D eigenvalue weighted by Gasteiger charge is -2.08. The summed E-state index contributed by atoms with van der Waals surface area (Å²) in [7, 11) is 0. The number of thiazole rings is 1. The molecule has 1 N–H and O–H groups in total. The first-order valence-electron chi connectivity index (χ1n) is 7.91. The quantitative estimate of drug-likeness (QED) is 0.683. The van der Waals surface area contributed by atoms with Crippen LogP contribution in [0.25, 0.3) is 0 Å². The van der Waals surface area contributed by atoms with Gasteiger partial charge in [-0.15, -0.1) is 11.3 Å². The number of benzene rings is 1. The first kappa shape index (κ1) is 20.8. The summed E-state index contributed by atoms with van der Waals surface area (Å²) < 4.78 is 45.5. The Bertz CT molecular complexity index is 775. The van der Waals surface area contributed by atoms with Crippen LogP contribution in [0.3, 0.4) is 0 Å². The maximum atomic E-state index is 12.2. The highest BCUT2D eigenvalue weighted by Gasteiger charge is 2.27. The van der Waals surface area contributed by atoms with Gasteiger partial charge in [0.2, 0.25) is 0 Å². The Balaban J connectivity index is 1.87. The Morgan fingerprint density at radius 2 is 1.93 bits per heavy atom. The average molecular weight is 402 g/mol. The predicted octanol–water partition coefficient (Wildman–Crippen LogP) is 3.58. The number of ether oxygens (including phenoxy) is 2. The fraction of sp³-hybridized carbons (Fsp3) is 0.353. The van der Waals surface area contributed by atoms with Crippen molar-refractivity contribution in [3.63, 3.8) is 0 Å². The molecule has 1 amide bonds. The van der Waals surface area contributed by atoms with Gasteiger partial charge in [0.25, 0.3) is 5.91 Å². The minimum absolute atomic E-state index is 0.0207. The molecule has 2 rings (SSSR count). The third-order valence-corrected chi connectivity index (χ3v) is 3.96. The SMILES string of the molecule is CCOC(=O)Cc1csc(NC(=O)c2ccc(COCC(F)(F)F)cc2)n1. The molecule has 1 aromatic carbocycles. The Morgan fingerprint density at radius 3 is 2.56 bits per heavy atom. The van der Waals surface area contributed by atoms with Gasteiger partial charge in [-0.05, 0) is 24.6 Å². The number of rotatable bonds is 8. The van der Waals surface area contributed by atoms with Crippen molar-refractivity contribution in [1.82, 2.24) is 4.98 Å². The van der Waals surface area contributed by atoms with Crippen LogP contribution in [0, 0.1) is 0 Å². The van der Waals surface area contributed by atoms with E-state index in [2.05, 4.69) is 15.0 Å². The van der Waals surface area contributed by atoms with E-state index in [1.807, 2.05) is 0 Å². The number of hydrogen-bond donors (Lipinski definition) is 1. The topological polar surface area (TPSA) is 77.5 Å². The third-order valence-electron chi connectivity index (χ3n) is 3.15. The van der Waals surface area contributed by atoms with Gasteiger partial charge in [0, 0.05) is 10.9 Å². The fourth-order valence-corrected chi connectivity index (χ4v) is 2.72. The first-order chi connectivity index (χ1) is 12.8. The van der Waals surface area contributed by atoms with Crippen molar-refractivity contribution in [2.75, 3.05) is 18.5 Å². The molecule has 2 aromatic rings. The molecule has 146 valence electrons. The Labute approximate surface area is 157 Å². The van der Waals surface area contributed by atoms with E-state index in [4.69, 9.17) is 4.74 Å².